The molecule has 0 saturated heterocycles. The Hall–Kier alpha value is -2.88. The quantitative estimate of drug-likeness (QED) is 0.0855. The molecule has 4 rings (SSSR count). The van der Waals surface area contributed by atoms with Crippen LogP contribution in [0.3, 0.4) is 0 Å². The Labute approximate surface area is 241 Å². The van der Waals surface area contributed by atoms with Gasteiger partial charge in [0.05, 0.1) is 13.2 Å². The van der Waals surface area contributed by atoms with E-state index in [0.717, 1.165) is 58.0 Å². The molecule has 4 heteroatoms. The minimum Gasteiger partial charge on any atom is -0.507 e. The van der Waals surface area contributed by atoms with E-state index < -0.39 is 0 Å². The van der Waals surface area contributed by atoms with Crippen molar-refractivity contribution in [3.8, 4) is 23.0 Å². The van der Waals surface area contributed by atoms with Crippen LogP contribution >= 0.6 is 0 Å². The van der Waals surface area contributed by atoms with Crippen molar-refractivity contribution in [1.29, 1.82) is 0 Å². The second-order valence-corrected chi connectivity index (χ2v) is 11.5. The van der Waals surface area contributed by atoms with Crippen LogP contribution in [0, 0.1) is 0 Å². The van der Waals surface area contributed by atoms with Crippen molar-refractivity contribution in [2.45, 2.75) is 117 Å². The minimum absolute atomic E-state index is 0.206. The number of aromatic hydroxyl groups is 2. The van der Waals surface area contributed by atoms with Crippen LogP contribution in [0.2, 0.25) is 0 Å². The largest absolute Gasteiger partial charge is 0.507 e. The number of hydrogen-bond donors (Lipinski definition) is 2. The Balaban J connectivity index is 1.43. The van der Waals surface area contributed by atoms with Crippen molar-refractivity contribution < 1.29 is 19.7 Å². The van der Waals surface area contributed by atoms with Crippen LogP contribution in [0.1, 0.15) is 117 Å². The molecular formula is C36H50O4. The topological polar surface area (TPSA) is 58.9 Å². The molecule has 0 saturated carbocycles. The highest BCUT2D eigenvalue weighted by Gasteiger charge is 2.19. The molecule has 0 unspecified atom stereocenters. The second kappa shape index (κ2) is 15.8. The van der Waals surface area contributed by atoms with Crippen LogP contribution in [0.15, 0.2) is 36.4 Å². The van der Waals surface area contributed by atoms with Crippen LogP contribution in [-0.2, 0) is 0 Å². The molecular weight excluding hydrogens is 496 g/mol. The summed E-state index contributed by atoms with van der Waals surface area (Å²) in [4.78, 5) is 0. The maximum Gasteiger partial charge on any atom is 0.130 e. The highest BCUT2D eigenvalue weighted by molar-refractivity contribution is 6.27. The average molecular weight is 547 g/mol. The summed E-state index contributed by atoms with van der Waals surface area (Å²) in [6, 6.07) is 11.4. The zero-order chi connectivity index (χ0) is 28.2. The van der Waals surface area contributed by atoms with Gasteiger partial charge < -0.3 is 19.7 Å². The van der Waals surface area contributed by atoms with E-state index in [1.807, 2.05) is 24.3 Å². The summed E-state index contributed by atoms with van der Waals surface area (Å²) < 4.78 is 12.5. The predicted molar refractivity (Wildman–Crippen MR) is 170 cm³/mol. The van der Waals surface area contributed by atoms with E-state index in [4.69, 9.17) is 9.47 Å². The molecule has 0 spiro atoms. The summed E-state index contributed by atoms with van der Waals surface area (Å²) in [6.45, 7) is 5.78. The number of ether oxygens (including phenoxy) is 2. The lowest BCUT2D eigenvalue weighted by Crippen LogP contribution is -2.00. The van der Waals surface area contributed by atoms with Crippen molar-refractivity contribution in [2.24, 2.45) is 0 Å². The van der Waals surface area contributed by atoms with Crippen LogP contribution in [0.4, 0.5) is 0 Å². The summed E-state index contributed by atoms with van der Waals surface area (Å²) in [7, 11) is 0. The molecule has 0 heterocycles. The first-order valence-corrected chi connectivity index (χ1v) is 16.1. The maximum absolute atomic E-state index is 10.9. The molecule has 0 aromatic heterocycles. The van der Waals surface area contributed by atoms with Gasteiger partial charge in [-0.1, -0.05) is 104 Å². The fourth-order valence-corrected chi connectivity index (χ4v) is 5.97. The number of benzene rings is 4. The van der Waals surface area contributed by atoms with Crippen LogP contribution < -0.4 is 9.47 Å². The lowest BCUT2D eigenvalue weighted by molar-refractivity contribution is 0.306. The second-order valence-electron chi connectivity index (χ2n) is 11.5. The normalized spacial score (nSPS) is 11.8. The van der Waals surface area contributed by atoms with Gasteiger partial charge in [-0.3, -0.25) is 0 Å². The summed E-state index contributed by atoms with van der Waals surface area (Å²) in [5.41, 5.74) is 0. The molecule has 40 heavy (non-hydrogen) atoms. The van der Waals surface area contributed by atoms with Crippen molar-refractivity contribution in [3.05, 3.63) is 36.4 Å². The van der Waals surface area contributed by atoms with E-state index in [1.165, 1.54) is 77.0 Å². The third-order valence-electron chi connectivity index (χ3n) is 8.29. The van der Waals surface area contributed by atoms with Gasteiger partial charge in [-0.05, 0) is 37.1 Å². The molecule has 4 aromatic rings. The van der Waals surface area contributed by atoms with E-state index in [9.17, 15) is 10.2 Å². The summed E-state index contributed by atoms with van der Waals surface area (Å²) in [5, 5.41) is 27.2. The zero-order valence-corrected chi connectivity index (χ0v) is 24.9. The summed E-state index contributed by atoms with van der Waals surface area (Å²) in [6.07, 6.45) is 20.0. The number of phenolic OH excluding ortho intramolecular Hbond substituents is 2. The van der Waals surface area contributed by atoms with Crippen molar-refractivity contribution in [1.82, 2.24) is 0 Å². The molecule has 4 aromatic carbocycles. The number of rotatable bonds is 20. The van der Waals surface area contributed by atoms with Crippen LogP contribution in [0.25, 0.3) is 32.3 Å². The first-order chi connectivity index (χ1) is 19.7. The fourth-order valence-electron chi connectivity index (χ4n) is 5.97. The van der Waals surface area contributed by atoms with Gasteiger partial charge in [-0.25, -0.2) is 0 Å². The lowest BCUT2D eigenvalue weighted by Gasteiger charge is -2.18. The molecule has 0 radical (unpaired) electrons. The Morgan fingerprint density at radius 2 is 0.775 bits per heavy atom. The third kappa shape index (κ3) is 7.65. The highest BCUT2D eigenvalue weighted by Crippen LogP contribution is 2.47. The van der Waals surface area contributed by atoms with Crippen LogP contribution in [-0.4, -0.2) is 23.4 Å². The van der Waals surface area contributed by atoms with E-state index in [-0.39, 0.29) is 11.5 Å². The SMILES string of the molecule is CCCCCCCCCCOc1cc(O)c2ccc3c(OCCCCCCCCCC)cc(O)c4ccc1c2c43. The highest BCUT2D eigenvalue weighted by atomic mass is 16.5. The van der Waals surface area contributed by atoms with Gasteiger partial charge in [0.2, 0.25) is 0 Å². The standard InChI is InChI=1S/C36H50O4/c1-3-5-7-9-11-13-15-17-23-39-33-25-31(37)27-20-22-30-34(40-24-18-16-14-12-10-8-6-4-2)26-32(38)28-19-21-29(33)35(27)36(28)30/h19-22,25-26,37-38H,3-18,23-24H2,1-2H3. The first kappa shape index (κ1) is 30.1. The Kier molecular flexibility index (Phi) is 11.9. The average Bonchev–Trinajstić information content (AvgIpc) is 2.96. The molecule has 0 aliphatic heterocycles. The van der Waals surface area contributed by atoms with E-state index in [0.29, 0.717) is 24.7 Å². The lowest BCUT2D eigenvalue weighted by atomic mass is 9.92. The number of unbranched alkanes of at least 4 members (excludes halogenated alkanes) is 14. The molecule has 0 aliphatic carbocycles. The molecule has 0 amide bonds. The maximum atomic E-state index is 10.9. The smallest absolute Gasteiger partial charge is 0.130 e. The molecule has 2 N–H and O–H groups in total. The summed E-state index contributed by atoms with van der Waals surface area (Å²) in [5.74, 6) is 1.81. The van der Waals surface area contributed by atoms with Crippen molar-refractivity contribution in [2.75, 3.05) is 13.2 Å². The molecule has 218 valence electrons. The van der Waals surface area contributed by atoms with Gasteiger partial charge >= 0.3 is 0 Å². The predicted octanol–water partition coefficient (Wildman–Crippen LogP) is 11.0. The molecule has 0 atom stereocenters. The Morgan fingerprint density at radius 3 is 1.15 bits per heavy atom. The van der Waals surface area contributed by atoms with E-state index in [1.54, 1.807) is 12.1 Å². The number of phenols is 2. The number of hydrogen-bond acceptors (Lipinski definition) is 4. The van der Waals surface area contributed by atoms with E-state index >= 15 is 0 Å². The van der Waals surface area contributed by atoms with Gasteiger partial charge in [0.1, 0.15) is 23.0 Å². The minimum atomic E-state index is 0.206. The van der Waals surface area contributed by atoms with Crippen molar-refractivity contribution in [3.63, 3.8) is 0 Å². The van der Waals surface area contributed by atoms with E-state index in [2.05, 4.69) is 13.8 Å². The Morgan fingerprint density at radius 1 is 0.450 bits per heavy atom. The molecule has 0 fully saturated rings. The zero-order valence-electron chi connectivity index (χ0n) is 24.9. The van der Waals surface area contributed by atoms with Gasteiger partial charge in [0, 0.05) is 44.5 Å². The van der Waals surface area contributed by atoms with Crippen molar-refractivity contribution >= 4 is 32.3 Å². The molecule has 4 nitrogen and oxygen atoms in total. The third-order valence-corrected chi connectivity index (χ3v) is 8.29. The van der Waals surface area contributed by atoms with Gasteiger partial charge in [0.15, 0.2) is 0 Å². The van der Waals surface area contributed by atoms with Gasteiger partial charge in [-0.15, -0.1) is 0 Å². The summed E-state index contributed by atoms with van der Waals surface area (Å²) >= 11 is 0. The van der Waals surface area contributed by atoms with Gasteiger partial charge in [0.25, 0.3) is 0 Å². The molecule has 0 bridgehead atoms. The monoisotopic (exact) mass is 546 g/mol. The van der Waals surface area contributed by atoms with Crippen LogP contribution in [0.5, 0.6) is 23.0 Å². The van der Waals surface area contributed by atoms with Gasteiger partial charge in [-0.2, -0.15) is 0 Å². The fraction of sp³-hybridized carbons (Fsp3) is 0.556. The first-order valence-electron chi connectivity index (χ1n) is 16.1. The molecule has 0 aliphatic rings. The Bertz CT molecular complexity index is 1210.